The van der Waals surface area contributed by atoms with Crippen LogP contribution in [0.3, 0.4) is 0 Å². The minimum Gasteiger partial charge on any atom is -0.493 e. The summed E-state index contributed by atoms with van der Waals surface area (Å²) in [7, 11) is 1.66. The highest BCUT2D eigenvalue weighted by atomic mass is 16.5. The predicted molar refractivity (Wildman–Crippen MR) is 75.0 cm³/mol. The lowest BCUT2D eigenvalue weighted by molar-refractivity contribution is 0.230. The quantitative estimate of drug-likeness (QED) is 0.721. The van der Waals surface area contributed by atoms with Crippen molar-refractivity contribution < 1.29 is 9.47 Å². The predicted octanol–water partition coefficient (Wildman–Crippen LogP) is 3.28. The smallest absolute Gasteiger partial charge is 0.162 e. The van der Waals surface area contributed by atoms with Crippen LogP contribution in [0.15, 0.2) is 36.9 Å². The Morgan fingerprint density at radius 1 is 1.21 bits per heavy atom. The first-order valence-corrected chi connectivity index (χ1v) is 6.28. The lowest BCUT2D eigenvalue weighted by Gasteiger charge is -2.15. The number of hydrogen-bond donors (Lipinski definition) is 0. The van der Waals surface area contributed by atoms with Gasteiger partial charge in [-0.2, -0.15) is 0 Å². The number of benzene rings is 1. The molecule has 0 N–H and O–H groups in total. The molecule has 0 bridgehead atoms. The molecule has 0 saturated heterocycles. The lowest BCUT2D eigenvalue weighted by atomic mass is 10.1. The molecule has 0 atom stereocenters. The third kappa shape index (κ3) is 1.99. The molecule has 0 aliphatic carbocycles. The van der Waals surface area contributed by atoms with E-state index in [-0.39, 0.29) is 6.10 Å². The summed E-state index contributed by atoms with van der Waals surface area (Å²) in [5.74, 6) is 1.52. The van der Waals surface area contributed by atoms with Gasteiger partial charge in [-0.3, -0.25) is 0 Å². The van der Waals surface area contributed by atoms with Gasteiger partial charge in [-0.1, -0.05) is 0 Å². The number of fused-ring (bicyclic) bond motifs is 3. The Kier molecular flexibility index (Phi) is 2.78. The lowest BCUT2D eigenvalue weighted by Crippen LogP contribution is -2.06. The second-order valence-electron chi connectivity index (χ2n) is 4.76. The molecule has 3 aromatic rings. The number of ether oxygens (including phenoxy) is 2. The number of pyridine rings is 1. The van der Waals surface area contributed by atoms with Crippen molar-refractivity contribution in [3.8, 4) is 11.5 Å². The van der Waals surface area contributed by atoms with Gasteiger partial charge in [0.25, 0.3) is 0 Å². The normalized spacial score (nSPS) is 11.4. The SMILES string of the molecule is COc1cc2ccn3cncc3c2cc1OC(C)C. The molecule has 0 saturated carbocycles. The largest absolute Gasteiger partial charge is 0.493 e. The van der Waals surface area contributed by atoms with Gasteiger partial charge in [0.05, 0.1) is 31.3 Å². The molecule has 2 heterocycles. The van der Waals surface area contributed by atoms with E-state index in [1.54, 1.807) is 13.4 Å². The summed E-state index contributed by atoms with van der Waals surface area (Å²) < 4.78 is 13.2. The van der Waals surface area contributed by atoms with Gasteiger partial charge in [0.15, 0.2) is 11.5 Å². The Hall–Kier alpha value is -2.23. The minimum absolute atomic E-state index is 0.107. The summed E-state index contributed by atoms with van der Waals surface area (Å²) in [6.45, 7) is 4.01. The van der Waals surface area contributed by atoms with Crippen molar-refractivity contribution in [2.24, 2.45) is 0 Å². The Bertz CT molecular complexity index is 731. The maximum atomic E-state index is 5.82. The maximum absolute atomic E-state index is 5.82. The van der Waals surface area contributed by atoms with Crippen LogP contribution in [0.25, 0.3) is 16.3 Å². The average Bonchev–Trinajstić information content (AvgIpc) is 2.86. The number of methoxy groups -OCH3 is 1. The van der Waals surface area contributed by atoms with Gasteiger partial charge in [0.1, 0.15) is 0 Å². The molecule has 3 rings (SSSR count). The maximum Gasteiger partial charge on any atom is 0.162 e. The highest BCUT2D eigenvalue weighted by Crippen LogP contribution is 2.34. The molecule has 1 aromatic carbocycles. The number of imidazole rings is 1. The van der Waals surface area contributed by atoms with Crippen LogP contribution in [0.2, 0.25) is 0 Å². The van der Waals surface area contributed by atoms with Gasteiger partial charge in [-0.05, 0) is 37.4 Å². The molecule has 0 aliphatic heterocycles. The summed E-state index contributed by atoms with van der Waals surface area (Å²) in [6.07, 6.45) is 5.75. The van der Waals surface area contributed by atoms with Crippen molar-refractivity contribution in [1.82, 2.24) is 9.38 Å². The first-order chi connectivity index (χ1) is 9.19. The summed E-state index contributed by atoms with van der Waals surface area (Å²) in [6, 6.07) is 6.07. The van der Waals surface area contributed by atoms with Gasteiger partial charge in [-0.25, -0.2) is 4.98 Å². The van der Waals surface area contributed by atoms with Crippen LogP contribution in [0.4, 0.5) is 0 Å². The van der Waals surface area contributed by atoms with E-state index in [0.717, 1.165) is 27.8 Å². The Balaban J connectivity index is 2.29. The van der Waals surface area contributed by atoms with Crippen molar-refractivity contribution in [3.05, 3.63) is 36.9 Å². The molecule has 0 spiro atoms. The molecule has 0 aliphatic rings. The van der Waals surface area contributed by atoms with Crippen LogP contribution < -0.4 is 9.47 Å². The van der Waals surface area contributed by atoms with Gasteiger partial charge in [-0.15, -0.1) is 0 Å². The molecular weight excluding hydrogens is 240 g/mol. The zero-order chi connectivity index (χ0) is 13.4. The third-order valence-corrected chi connectivity index (χ3v) is 3.06. The van der Waals surface area contributed by atoms with Crippen molar-refractivity contribution in [3.63, 3.8) is 0 Å². The van der Waals surface area contributed by atoms with Crippen LogP contribution in [0, 0.1) is 0 Å². The summed E-state index contributed by atoms with van der Waals surface area (Å²) >= 11 is 0. The Morgan fingerprint density at radius 3 is 2.79 bits per heavy atom. The molecule has 19 heavy (non-hydrogen) atoms. The van der Waals surface area contributed by atoms with E-state index in [0.29, 0.717) is 0 Å². The Labute approximate surface area is 111 Å². The van der Waals surface area contributed by atoms with E-state index in [1.165, 1.54) is 0 Å². The van der Waals surface area contributed by atoms with Crippen molar-refractivity contribution in [2.45, 2.75) is 20.0 Å². The fourth-order valence-corrected chi connectivity index (χ4v) is 2.23. The average molecular weight is 256 g/mol. The first kappa shape index (κ1) is 11.8. The van der Waals surface area contributed by atoms with Crippen LogP contribution in [0.1, 0.15) is 13.8 Å². The van der Waals surface area contributed by atoms with Crippen molar-refractivity contribution in [1.29, 1.82) is 0 Å². The van der Waals surface area contributed by atoms with Crippen LogP contribution in [-0.4, -0.2) is 22.6 Å². The van der Waals surface area contributed by atoms with Gasteiger partial charge >= 0.3 is 0 Å². The zero-order valence-electron chi connectivity index (χ0n) is 11.3. The summed E-state index contributed by atoms with van der Waals surface area (Å²) in [5.41, 5.74) is 1.06. The van der Waals surface area contributed by atoms with Crippen LogP contribution in [0.5, 0.6) is 11.5 Å². The molecule has 4 nitrogen and oxygen atoms in total. The molecule has 0 fully saturated rings. The number of hydrogen-bond acceptors (Lipinski definition) is 3. The fraction of sp³-hybridized carbons (Fsp3) is 0.267. The molecule has 4 heteroatoms. The Morgan fingerprint density at radius 2 is 2.05 bits per heavy atom. The van der Waals surface area contributed by atoms with Gasteiger partial charge in [0.2, 0.25) is 0 Å². The first-order valence-electron chi connectivity index (χ1n) is 6.28. The second kappa shape index (κ2) is 4.46. The molecule has 0 radical (unpaired) electrons. The van der Waals surface area contributed by atoms with E-state index >= 15 is 0 Å². The summed E-state index contributed by atoms with van der Waals surface area (Å²) in [5, 5.41) is 2.22. The molecular formula is C15H16N2O2. The van der Waals surface area contributed by atoms with Crippen LogP contribution in [-0.2, 0) is 0 Å². The third-order valence-electron chi connectivity index (χ3n) is 3.06. The van der Waals surface area contributed by atoms with E-state index < -0.39 is 0 Å². The van der Waals surface area contributed by atoms with Gasteiger partial charge in [0, 0.05) is 11.6 Å². The van der Waals surface area contributed by atoms with Crippen molar-refractivity contribution >= 4 is 16.3 Å². The number of nitrogens with zero attached hydrogens (tertiary/aromatic N) is 2. The highest BCUT2D eigenvalue weighted by Gasteiger charge is 2.10. The highest BCUT2D eigenvalue weighted by molar-refractivity contribution is 5.97. The number of aromatic nitrogens is 2. The summed E-state index contributed by atoms with van der Waals surface area (Å²) in [4.78, 5) is 4.18. The zero-order valence-corrected chi connectivity index (χ0v) is 11.3. The van der Waals surface area contributed by atoms with Crippen LogP contribution >= 0.6 is 0 Å². The molecule has 0 unspecified atom stereocenters. The fourth-order valence-electron chi connectivity index (χ4n) is 2.23. The minimum atomic E-state index is 0.107. The monoisotopic (exact) mass is 256 g/mol. The van der Waals surface area contributed by atoms with E-state index in [2.05, 4.69) is 4.98 Å². The van der Waals surface area contributed by atoms with E-state index in [4.69, 9.17) is 9.47 Å². The second-order valence-corrected chi connectivity index (χ2v) is 4.76. The number of rotatable bonds is 3. The standard InChI is InChI=1S/C15H16N2O2/c1-10(2)19-15-7-12-11(6-14(15)18-3)4-5-17-9-16-8-13(12)17/h4-10H,1-3H3. The van der Waals surface area contributed by atoms with E-state index in [9.17, 15) is 0 Å². The molecule has 2 aromatic heterocycles. The topological polar surface area (TPSA) is 35.8 Å². The van der Waals surface area contributed by atoms with Crippen molar-refractivity contribution in [2.75, 3.05) is 7.11 Å². The van der Waals surface area contributed by atoms with Gasteiger partial charge < -0.3 is 13.9 Å². The van der Waals surface area contributed by atoms with E-state index in [1.807, 2.05) is 48.8 Å². The molecule has 0 amide bonds. The molecule has 98 valence electrons.